The maximum Gasteiger partial charge on any atom is 2.00 e. The molecule has 4 aliphatic rings. The van der Waals surface area contributed by atoms with Crippen molar-refractivity contribution in [3.63, 3.8) is 0 Å². The number of H-pyrrole nitrogens is 2. The van der Waals surface area contributed by atoms with Crippen molar-refractivity contribution in [1.29, 1.82) is 0 Å². The van der Waals surface area contributed by atoms with Gasteiger partial charge >= 0.3 is 35.2 Å². The predicted octanol–water partition coefficient (Wildman–Crippen LogP) is 5.15. The molecule has 0 unspecified atom stereocenters. The van der Waals surface area contributed by atoms with Crippen LogP contribution in [0.4, 0.5) is 9.59 Å². The van der Waals surface area contributed by atoms with Crippen LogP contribution >= 0.6 is 11.8 Å². The summed E-state index contributed by atoms with van der Waals surface area (Å²) in [5, 5.41) is 6.81. The first kappa shape index (κ1) is 47.1. The monoisotopic (exact) mass is 793 g/mol. The summed E-state index contributed by atoms with van der Waals surface area (Å²) in [7, 11) is 0. The molecule has 0 aromatic carbocycles. The van der Waals surface area contributed by atoms with Crippen LogP contribution in [-0.4, -0.2) is 84.4 Å². The van der Waals surface area contributed by atoms with Crippen LogP contribution in [0.25, 0.3) is 0 Å². The number of amides is 2. The summed E-state index contributed by atoms with van der Waals surface area (Å²) in [6.45, 7) is 11.1. The number of Topliss-reactive ketones (excluding diaryl/α,β-unsaturated/α-hetero) is 1. The second kappa shape index (κ2) is 19.7. The van der Waals surface area contributed by atoms with E-state index in [1.165, 1.54) is 11.8 Å². The fraction of sp³-hybridized carbons (Fsp3) is 0.550. The average Bonchev–Trinajstić information content (AvgIpc) is 3.70. The fourth-order valence-corrected chi connectivity index (χ4v) is 8.49. The summed E-state index contributed by atoms with van der Waals surface area (Å²) >= 11 is 1.24. The smallest absolute Gasteiger partial charge is 1.00 e. The van der Waals surface area contributed by atoms with E-state index in [0.29, 0.717) is 5.69 Å². The Balaban J connectivity index is 0.000000315. The van der Waals surface area contributed by atoms with E-state index in [4.69, 9.17) is 9.47 Å². The maximum absolute atomic E-state index is 12.3. The second-order valence-electron chi connectivity index (χ2n) is 16.6. The number of rotatable bonds is 6. The summed E-state index contributed by atoms with van der Waals surface area (Å²) in [6, 6.07) is 13.5. The van der Waals surface area contributed by atoms with E-state index in [2.05, 4.69) is 25.6 Å². The van der Waals surface area contributed by atoms with Crippen LogP contribution in [-0.2, 0) is 14.3 Å². The summed E-state index contributed by atoms with van der Waals surface area (Å²) < 4.78 is 10.5. The van der Waals surface area contributed by atoms with Gasteiger partial charge in [0, 0.05) is 48.7 Å². The van der Waals surface area contributed by atoms with Gasteiger partial charge in [0.25, 0.3) is 0 Å². The molecule has 292 valence electrons. The van der Waals surface area contributed by atoms with Gasteiger partial charge in [-0.1, -0.05) is 6.07 Å². The topological polar surface area (TPSA) is 155 Å². The predicted molar refractivity (Wildman–Crippen MR) is 208 cm³/mol. The largest absolute Gasteiger partial charge is 2.00 e. The number of aromatic nitrogens is 3. The first-order valence-corrected chi connectivity index (χ1v) is 18.7. The van der Waals surface area contributed by atoms with Crippen molar-refractivity contribution in [1.82, 2.24) is 25.6 Å². The normalized spacial score (nSPS) is 25.8. The summed E-state index contributed by atoms with van der Waals surface area (Å²) in [5.74, 6) is 0.486. The van der Waals surface area contributed by atoms with E-state index < -0.39 is 11.2 Å². The number of nitrogens with zero attached hydrogens (tertiary/aromatic N) is 1. The molecule has 0 atom stereocenters. The third-order valence-corrected chi connectivity index (χ3v) is 10.8. The number of ketones is 1. The second-order valence-corrected chi connectivity index (χ2v) is 17.7. The zero-order valence-corrected chi connectivity index (χ0v) is 35.7. The Bertz CT molecular complexity index is 1580. The van der Waals surface area contributed by atoms with Gasteiger partial charge in [-0.25, -0.2) is 14.6 Å². The van der Waals surface area contributed by atoms with Crippen LogP contribution in [0.3, 0.4) is 0 Å². The number of halogens is 1. The molecule has 3 heterocycles. The van der Waals surface area contributed by atoms with Gasteiger partial charge in [0.1, 0.15) is 16.2 Å². The van der Waals surface area contributed by atoms with Crippen molar-refractivity contribution in [3.8, 4) is 0 Å². The number of hydrogen-bond acceptors (Lipinski definition) is 8. The number of aromatic amines is 2. The molecule has 4 aliphatic carbocycles. The Hall–Kier alpha value is -3.00. The minimum Gasteiger partial charge on any atom is -1.00 e. The van der Waals surface area contributed by atoms with E-state index in [0.717, 1.165) is 56.4 Å². The number of thioether (sulfide) groups is 1. The van der Waals surface area contributed by atoms with Crippen molar-refractivity contribution >= 4 is 57.9 Å². The number of ether oxygens (including phenoxy) is 2. The Morgan fingerprint density at radius 3 is 1.61 bits per heavy atom. The van der Waals surface area contributed by atoms with Crippen molar-refractivity contribution in [2.75, 3.05) is 0 Å². The molecular formula is C40H56ClMgN5O6S. The maximum atomic E-state index is 12.3. The van der Waals surface area contributed by atoms with Crippen LogP contribution in [0.2, 0.25) is 0 Å². The molecule has 11 nitrogen and oxygen atoms in total. The van der Waals surface area contributed by atoms with E-state index >= 15 is 0 Å². The average molecular weight is 795 g/mol. The van der Waals surface area contributed by atoms with Gasteiger partial charge in [0.2, 0.25) is 0 Å². The minimum atomic E-state index is -0.470. The number of hydrogen-bond donors (Lipinski definition) is 4. The van der Waals surface area contributed by atoms with Gasteiger partial charge in [-0.2, -0.15) is 0 Å². The van der Waals surface area contributed by atoms with E-state index in [9.17, 15) is 19.2 Å². The number of pyridine rings is 1. The Morgan fingerprint density at radius 2 is 1.22 bits per heavy atom. The molecule has 4 saturated carbocycles. The number of alkyl carbamates (subject to hydrolysis) is 2. The molecule has 2 amide bonds. The quantitative estimate of drug-likeness (QED) is 0.116. The Morgan fingerprint density at radius 1 is 0.722 bits per heavy atom. The van der Waals surface area contributed by atoms with E-state index in [1.54, 1.807) is 12.4 Å². The number of carbonyl (C=O) groups is 4. The molecule has 0 saturated heterocycles. The third-order valence-electron chi connectivity index (χ3n) is 9.78. The van der Waals surface area contributed by atoms with Gasteiger partial charge < -0.3 is 49.9 Å². The van der Waals surface area contributed by atoms with Crippen molar-refractivity contribution < 1.29 is 41.1 Å². The summed E-state index contributed by atoms with van der Waals surface area (Å²) in [6.07, 6.45) is 14.1. The molecule has 3 aromatic heterocycles. The minimum absolute atomic E-state index is 0. The standard InChI is InChI=1S/C18H24N2O3S.C17H24N2O3.C4H5N.CH3.ClH.Mg/c1-17(2,3)23-16(22)20-13-10-18(11-13)8-12(9-18)15(21)24-14-6-4-5-7-19-14;1-16(2,3)22-15(21)19-12-9-17(10-12)7-11(8-17)14(20)13-5-4-6-18-13;1-2-4-5-3-1;;;/h4-7,12-13H,8-11H2,1-3H3,(H,20,22);4-6,11-12,18H,7-10H2,1-3H3,(H,19,21);1-5H;1H3;1H;/q;;;-1;;+2/p-1. The van der Waals surface area contributed by atoms with Crippen molar-refractivity contribution in [2.45, 2.75) is 121 Å². The van der Waals surface area contributed by atoms with Gasteiger partial charge in [-0.15, -0.1) is 0 Å². The van der Waals surface area contributed by atoms with Gasteiger partial charge in [-0.05, 0) is 152 Å². The molecule has 14 heteroatoms. The molecular weight excluding hydrogens is 738 g/mol. The van der Waals surface area contributed by atoms with Gasteiger partial charge in [0.05, 0.1) is 5.69 Å². The zero-order valence-electron chi connectivity index (χ0n) is 32.7. The van der Waals surface area contributed by atoms with Crippen LogP contribution in [0.15, 0.2) is 72.3 Å². The molecule has 7 rings (SSSR count). The Kier molecular flexibility index (Phi) is 17.2. The molecule has 4 fully saturated rings. The first-order chi connectivity index (χ1) is 24.0. The number of carbonyl (C=O) groups excluding carboxylic acids is 4. The fourth-order valence-electron chi connectivity index (χ4n) is 7.69. The van der Waals surface area contributed by atoms with Crippen LogP contribution in [0.1, 0.15) is 103 Å². The number of nitrogens with one attached hydrogen (secondary N) is 4. The third kappa shape index (κ3) is 13.6. The van der Waals surface area contributed by atoms with Gasteiger partial charge in [-0.3, -0.25) is 9.59 Å². The van der Waals surface area contributed by atoms with Crippen LogP contribution in [0, 0.1) is 30.1 Å². The summed E-state index contributed by atoms with van der Waals surface area (Å²) in [4.78, 5) is 58.0. The molecule has 0 radical (unpaired) electrons. The molecule has 3 aromatic rings. The molecule has 0 bridgehead atoms. The van der Waals surface area contributed by atoms with Gasteiger partial charge in [0.15, 0.2) is 10.9 Å². The molecule has 2 spiro atoms. The molecule has 4 N–H and O–H groups in total. The van der Waals surface area contributed by atoms with E-state index in [1.807, 2.05) is 96.4 Å². The zero-order chi connectivity index (χ0) is 36.9. The molecule has 0 aliphatic heterocycles. The first-order valence-electron chi connectivity index (χ1n) is 17.9. The van der Waals surface area contributed by atoms with E-state index in [-0.39, 0.29) is 101 Å². The molecule has 54 heavy (non-hydrogen) atoms. The van der Waals surface area contributed by atoms with Crippen LogP contribution in [0.5, 0.6) is 0 Å². The van der Waals surface area contributed by atoms with Crippen molar-refractivity contribution in [3.05, 3.63) is 80.4 Å². The SMILES string of the molecule is CC(C)(C)OC(=O)NC1CC2(C1)CC(C(=O)Sc1ccccn1)C2.CC(C)(C)OC(=O)NC1CC2(C1)CC(C(=O)c1ccc[nH]1)C2.[CH3-].[Cl-].[Mg+2].c1cc[nH]c1. The Labute approximate surface area is 347 Å². The van der Waals surface area contributed by atoms with Crippen molar-refractivity contribution in [2.24, 2.45) is 22.7 Å². The summed E-state index contributed by atoms with van der Waals surface area (Å²) in [5.41, 5.74) is 0.303. The van der Waals surface area contributed by atoms with Crippen LogP contribution < -0.4 is 23.0 Å².